The molecular formula is C25H32O5. The molecule has 2 aromatic carbocycles. The fourth-order valence-corrected chi connectivity index (χ4v) is 5.00. The predicted molar refractivity (Wildman–Crippen MR) is 114 cm³/mol. The van der Waals surface area contributed by atoms with Crippen molar-refractivity contribution >= 4 is 0 Å². The largest absolute Gasteiger partial charge is 0.394 e. The van der Waals surface area contributed by atoms with Gasteiger partial charge in [0, 0.05) is 5.92 Å². The van der Waals surface area contributed by atoms with Crippen LogP contribution in [0.3, 0.4) is 0 Å². The summed E-state index contributed by atoms with van der Waals surface area (Å²) in [4.78, 5) is 0. The normalized spacial score (nSPS) is 31.8. The summed E-state index contributed by atoms with van der Waals surface area (Å²) >= 11 is 0. The standard InChI is InChI=1S/C25H32O5/c1-2-15-10-12-16(13-11-15)17-6-3-4-7-19-18(17)8-5-9-20(19)25-24(29)23(28)22(27)21(14-26)30-25/h5,8-13,17,21-29H,2-4,6-7,14H2,1H3. The lowest BCUT2D eigenvalue weighted by Crippen LogP contribution is -2.55. The quantitative estimate of drug-likeness (QED) is 0.580. The van der Waals surface area contributed by atoms with Gasteiger partial charge in [0.05, 0.1) is 6.61 Å². The van der Waals surface area contributed by atoms with Crippen molar-refractivity contribution in [1.82, 2.24) is 0 Å². The molecule has 0 saturated carbocycles. The molecule has 4 N–H and O–H groups in total. The van der Waals surface area contributed by atoms with Crippen LogP contribution in [0.1, 0.15) is 66.0 Å². The van der Waals surface area contributed by atoms with Gasteiger partial charge >= 0.3 is 0 Å². The summed E-state index contributed by atoms with van der Waals surface area (Å²) < 4.78 is 5.88. The fourth-order valence-electron chi connectivity index (χ4n) is 5.00. The predicted octanol–water partition coefficient (Wildman–Crippen LogP) is 2.62. The second kappa shape index (κ2) is 9.16. The van der Waals surface area contributed by atoms with Gasteiger partial charge in [0.2, 0.25) is 0 Å². The maximum Gasteiger partial charge on any atom is 0.113 e. The molecule has 6 atom stereocenters. The average molecular weight is 413 g/mol. The van der Waals surface area contributed by atoms with Crippen LogP contribution in [0.5, 0.6) is 0 Å². The van der Waals surface area contributed by atoms with E-state index in [1.165, 1.54) is 16.7 Å². The number of ether oxygens (including phenoxy) is 1. The number of rotatable bonds is 4. The van der Waals surface area contributed by atoms with Gasteiger partial charge in [-0.05, 0) is 53.5 Å². The van der Waals surface area contributed by atoms with Gasteiger partial charge in [-0.15, -0.1) is 0 Å². The Hall–Kier alpha value is -1.76. The summed E-state index contributed by atoms with van der Waals surface area (Å²) in [7, 11) is 0. The van der Waals surface area contributed by atoms with Gasteiger partial charge in [-0.3, -0.25) is 0 Å². The Kier molecular flexibility index (Phi) is 6.56. The SMILES string of the molecule is CCc1ccc(C2CCCCc3c2cccc3C2OC(CO)C(O)C(O)C2O)cc1. The summed E-state index contributed by atoms with van der Waals surface area (Å²) in [6, 6.07) is 14.9. The lowest BCUT2D eigenvalue weighted by molar-refractivity contribution is -0.231. The third-order valence-electron chi connectivity index (χ3n) is 6.78. The minimum atomic E-state index is -1.36. The molecule has 2 aromatic rings. The molecule has 162 valence electrons. The molecule has 0 amide bonds. The third-order valence-corrected chi connectivity index (χ3v) is 6.78. The Bertz CT molecular complexity index is 847. The number of hydrogen-bond donors (Lipinski definition) is 4. The van der Waals surface area contributed by atoms with Crippen LogP contribution >= 0.6 is 0 Å². The van der Waals surface area contributed by atoms with E-state index in [4.69, 9.17) is 4.74 Å². The first-order valence-electron chi connectivity index (χ1n) is 11.1. The molecule has 1 heterocycles. The van der Waals surface area contributed by atoms with Gasteiger partial charge in [0.25, 0.3) is 0 Å². The minimum absolute atomic E-state index is 0.276. The van der Waals surface area contributed by atoms with Crippen LogP contribution in [-0.2, 0) is 17.6 Å². The van der Waals surface area contributed by atoms with Gasteiger partial charge in [0.15, 0.2) is 0 Å². The van der Waals surface area contributed by atoms with Crippen molar-refractivity contribution in [2.45, 2.75) is 75.5 Å². The Balaban J connectivity index is 1.73. The van der Waals surface area contributed by atoms with Crippen molar-refractivity contribution in [3.05, 3.63) is 70.3 Å². The molecule has 1 aliphatic carbocycles. The first-order chi connectivity index (χ1) is 14.5. The topological polar surface area (TPSA) is 90.2 Å². The Morgan fingerprint density at radius 1 is 0.900 bits per heavy atom. The second-order valence-electron chi connectivity index (χ2n) is 8.56. The summed E-state index contributed by atoms with van der Waals surface area (Å²) in [5, 5.41) is 40.7. The fraction of sp³-hybridized carbons (Fsp3) is 0.520. The Morgan fingerprint density at radius 3 is 2.33 bits per heavy atom. The number of benzene rings is 2. The molecule has 2 aliphatic rings. The molecule has 30 heavy (non-hydrogen) atoms. The van der Waals surface area contributed by atoms with Gasteiger partial charge in [-0.25, -0.2) is 0 Å². The maximum absolute atomic E-state index is 10.7. The van der Waals surface area contributed by atoms with E-state index in [0.717, 1.165) is 43.2 Å². The average Bonchev–Trinajstić information content (AvgIpc) is 3.00. The minimum Gasteiger partial charge on any atom is -0.394 e. The summed E-state index contributed by atoms with van der Waals surface area (Å²) in [6.45, 7) is 1.74. The molecule has 4 rings (SSSR count). The first kappa shape index (κ1) is 21.5. The molecule has 6 unspecified atom stereocenters. The van der Waals surface area contributed by atoms with Crippen molar-refractivity contribution in [2.24, 2.45) is 0 Å². The van der Waals surface area contributed by atoms with E-state index >= 15 is 0 Å². The lowest BCUT2D eigenvalue weighted by Gasteiger charge is -2.41. The van der Waals surface area contributed by atoms with E-state index in [0.29, 0.717) is 0 Å². The maximum atomic E-state index is 10.7. The summed E-state index contributed by atoms with van der Waals surface area (Å²) in [5.41, 5.74) is 5.86. The van der Waals surface area contributed by atoms with E-state index in [2.05, 4.69) is 37.3 Å². The molecule has 0 radical (unpaired) electrons. The molecule has 0 aromatic heterocycles. The molecule has 0 bridgehead atoms. The number of fused-ring (bicyclic) bond motifs is 1. The number of aliphatic hydroxyl groups excluding tert-OH is 4. The number of hydrogen-bond acceptors (Lipinski definition) is 5. The molecule has 0 spiro atoms. The summed E-state index contributed by atoms with van der Waals surface area (Å²) in [5.74, 6) is 0.276. The zero-order chi connectivity index (χ0) is 21.3. The highest BCUT2D eigenvalue weighted by Crippen LogP contribution is 2.41. The lowest BCUT2D eigenvalue weighted by atomic mass is 9.82. The van der Waals surface area contributed by atoms with Crippen LogP contribution in [0, 0.1) is 0 Å². The van der Waals surface area contributed by atoms with Crippen LogP contribution in [0.15, 0.2) is 42.5 Å². The molecule has 1 saturated heterocycles. The van der Waals surface area contributed by atoms with Crippen molar-refractivity contribution in [2.75, 3.05) is 6.61 Å². The molecule has 5 nitrogen and oxygen atoms in total. The van der Waals surface area contributed by atoms with E-state index < -0.39 is 37.1 Å². The second-order valence-corrected chi connectivity index (χ2v) is 8.56. The highest BCUT2D eigenvalue weighted by molar-refractivity contribution is 5.45. The van der Waals surface area contributed by atoms with Crippen molar-refractivity contribution in [3.8, 4) is 0 Å². The summed E-state index contributed by atoms with van der Waals surface area (Å²) in [6.07, 6.45) is -0.505. The van der Waals surface area contributed by atoms with Gasteiger partial charge in [0.1, 0.15) is 30.5 Å². The molecular weight excluding hydrogens is 380 g/mol. The van der Waals surface area contributed by atoms with Gasteiger partial charge < -0.3 is 25.2 Å². The molecule has 1 aliphatic heterocycles. The van der Waals surface area contributed by atoms with Crippen LogP contribution in [0.25, 0.3) is 0 Å². The third kappa shape index (κ3) is 3.93. The molecule has 5 heteroatoms. The highest BCUT2D eigenvalue weighted by Gasteiger charge is 2.44. The van der Waals surface area contributed by atoms with Crippen LogP contribution in [-0.4, -0.2) is 51.4 Å². The van der Waals surface area contributed by atoms with Crippen molar-refractivity contribution in [3.63, 3.8) is 0 Å². The highest BCUT2D eigenvalue weighted by atomic mass is 16.5. The van der Waals surface area contributed by atoms with E-state index in [1.54, 1.807) is 0 Å². The van der Waals surface area contributed by atoms with Crippen LogP contribution in [0.4, 0.5) is 0 Å². The monoisotopic (exact) mass is 412 g/mol. The molecule has 1 fully saturated rings. The van der Waals surface area contributed by atoms with E-state index in [-0.39, 0.29) is 5.92 Å². The van der Waals surface area contributed by atoms with E-state index in [9.17, 15) is 20.4 Å². The van der Waals surface area contributed by atoms with Crippen molar-refractivity contribution < 1.29 is 25.2 Å². The number of aliphatic hydroxyl groups is 4. The number of aryl methyl sites for hydroxylation is 1. The van der Waals surface area contributed by atoms with Gasteiger partial charge in [-0.2, -0.15) is 0 Å². The zero-order valence-electron chi connectivity index (χ0n) is 17.4. The van der Waals surface area contributed by atoms with Crippen molar-refractivity contribution in [1.29, 1.82) is 0 Å². The first-order valence-corrected chi connectivity index (χ1v) is 11.1. The van der Waals surface area contributed by atoms with Gasteiger partial charge in [-0.1, -0.05) is 55.8 Å². The Labute approximate surface area is 178 Å². The van der Waals surface area contributed by atoms with Crippen LogP contribution in [0.2, 0.25) is 0 Å². The zero-order valence-corrected chi connectivity index (χ0v) is 17.4. The van der Waals surface area contributed by atoms with E-state index in [1.807, 2.05) is 12.1 Å². The Morgan fingerprint density at radius 2 is 1.63 bits per heavy atom. The smallest absolute Gasteiger partial charge is 0.113 e. The van der Waals surface area contributed by atoms with Crippen LogP contribution < -0.4 is 0 Å².